The summed E-state index contributed by atoms with van der Waals surface area (Å²) in [5, 5.41) is 13.5. The molecule has 0 heterocycles. The summed E-state index contributed by atoms with van der Waals surface area (Å²) < 4.78 is 0. The van der Waals surface area contributed by atoms with Crippen LogP contribution in [0, 0.1) is 10.1 Å². The lowest BCUT2D eigenvalue weighted by atomic mass is 9.99. The second-order valence-electron chi connectivity index (χ2n) is 5.61. The van der Waals surface area contributed by atoms with E-state index in [4.69, 9.17) is 0 Å². The quantitative estimate of drug-likeness (QED) is 0.473. The molecule has 0 saturated heterocycles. The zero-order valence-electron chi connectivity index (χ0n) is 13.7. The van der Waals surface area contributed by atoms with Crippen molar-refractivity contribution in [2.45, 2.75) is 26.2 Å². The van der Waals surface area contributed by atoms with Crippen LogP contribution in [0.3, 0.4) is 0 Å². The number of amides is 1. The molecule has 0 spiro atoms. The lowest BCUT2D eigenvalue weighted by Crippen LogP contribution is -2.07. The van der Waals surface area contributed by atoms with Crippen molar-refractivity contribution in [1.29, 1.82) is 0 Å². The van der Waals surface area contributed by atoms with E-state index in [0.717, 1.165) is 12.1 Å². The van der Waals surface area contributed by atoms with Gasteiger partial charge in [0.1, 0.15) is 0 Å². The highest BCUT2D eigenvalue weighted by atomic mass is 16.6. The van der Waals surface area contributed by atoms with E-state index < -0.39 is 4.92 Å². The number of rotatable bonds is 6. The minimum atomic E-state index is -0.462. The van der Waals surface area contributed by atoms with Gasteiger partial charge < -0.3 is 5.32 Å². The molecule has 0 fully saturated rings. The van der Waals surface area contributed by atoms with E-state index in [1.807, 2.05) is 24.3 Å². The fourth-order valence-electron chi connectivity index (χ4n) is 2.23. The maximum Gasteiger partial charge on any atom is 0.270 e. The molecule has 0 aliphatic heterocycles. The second kappa shape index (κ2) is 8.06. The van der Waals surface area contributed by atoms with Crippen molar-refractivity contribution < 1.29 is 9.72 Å². The molecule has 1 unspecified atom stereocenters. The van der Waals surface area contributed by atoms with Gasteiger partial charge in [0.15, 0.2) is 0 Å². The number of nitro groups is 1. The van der Waals surface area contributed by atoms with Crippen LogP contribution in [0.2, 0.25) is 0 Å². The van der Waals surface area contributed by atoms with Gasteiger partial charge in [-0.3, -0.25) is 14.9 Å². The van der Waals surface area contributed by atoms with Crippen LogP contribution in [0.15, 0.2) is 54.6 Å². The fraction of sp³-hybridized carbons (Fsp3) is 0.211. The SMILES string of the molecule is CCC(C)c1ccc(NC(=O)/C=C\c2cccc([N+](=O)[O-])c2)cc1. The summed E-state index contributed by atoms with van der Waals surface area (Å²) in [6.45, 7) is 4.30. The number of anilines is 1. The number of carbonyl (C=O) groups excluding carboxylic acids is 1. The smallest absolute Gasteiger partial charge is 0.270 e. The number of nitrogens with zero attached hydrogens (tertiary/aromatic N) is 1. The Morgan fingerprint density at radius 1 is 1.25 bits per heavy atom. The predicted octanol–water partition coefficient (Wildman–Crippen LogP) is 4.76. The average Bonchev–Trinajstić information content (AvgIpc) is 2.60. The van der Waals surface area contributed by atoms with Crippen LogP contribution in [0.4, 0.5) is 11.4 Å². The Morgan fingerprint density at radius 3 is 2.58 bits per heavy atom. The molecule has 2 rings (SSSR count). The van der Waals surface area contributed by atoms with Crippen molar-refractivity contribution in [2.24, 2.45) is 0 Å². The number of nitro benzene ring substituents is 1. The Morgan fingerprint density at radius 2 is 1.96 bits per heavy atom. The van der Waals surface area contributed by atoms with Crippen molar-refractivity contribution in [3.8, 4) is 0 Å². The standard InChI is InChI=1S/C19H20N2O3/c1-3-14(2)16-8-10-17(11-9-16)20-19(22)12-7-15-5-4-6-18(13-15)21(23)24/h4-14H,3H2,1-2H3,(H,20,22)/b12-7-. The molecule has 1 amide bonds. The van der Waals surface area contributed by atoms with Gasteiger partial charge in [-0.15, -0.1) is 0 Å². The van der Waals surface area contributed by atoms with Crippen molar-refractivity contribution in [3.05, 3.63) is 75.8 Å². The third kappa shape index (κ3) is 4.78. The number of non-ortho nitro benzene ring substituents is 1. The number of nitrogens with one attached hydrogen (secondary N) is 1. The minimum absolute atomic E-state index is 0.00168. The molecule has 2 aromatic rings. The molecule has 124 valence electrons. The molecule has 0 aliphatic carbocycles. The van der Waals surface area contributed by atoms with E-state index >= 15 is 0 Å². The van der Waals surface area contributed by atoms with Crippen LogP contribution >= 0.6 is 0 Å². The monoisotopic (exact) mass is 324 g/mol. The number of hydrogen-bond acceptors (Lipinski definition) is 3. The molecular weight excluding hydrogens is 304 g/mol. The summed E-state index contributed by atoms with van der Waals surface area (Å²) in [6, 6.07) is 13.9. The van der Waals surface area contributed by atoms with Crippen molar-refractivity contribution in [1.82, 2.24) is 0 Å². The zero-order chi connectivity index (χ0) is 17.5. The maximum atomic E-state index is 11.9. The molecule has 1 atom stereocenters. The summed E-state index contributed by atoms with van der Waals surface area (Å²) in [6.07, 6.45) is 3.98. The average molecular weight is 324 g/mol. The summed E-state index contributed by atoms with van der Waals surface area (Å²) >= 11 is 0. The molecule has 0 bridgehead atoms. The van der Waals surface area contributed by atoms with Crippen molar-refractivity contribution in [2.75, 3.05) is 5.32 Å². The first-order valence-electron chi connectivity index (χ1n) is 7.83. The second-order valence-corrected chi connectivity index (χ2v) is 5.61. The highest BCUT2D eigenvalue weighted by molar-refractivity contribution is 6.01. The largest absolute Gasteiger partial charge is 0.323 e. The summed E-state index contributed by atoms with van der Waals surface area (Å²) in [7, 11) is 0. The normalized spacial score (nSPS) is 12.1. The third-order valence-electron chi connectivity index (χ3n) is 3.87. The topological polar surface area (TPSA) is 72.2 Å². The molecule has 2 aromatic carbocycles. The maximum absolute atomic E-state index is 11.9. The first-order valence-corrected chi connectivity index (χ1v) is 7.83. The van der Waals surface area contributed by atoms with Gasteiger partial charge in [-0.05, 0) is 41.7 Å². The highest BCUT2D eigenvalue weighted by Crippen LogP contribution is 2.20. The predicted molar refractivity (Wildman–Crippen MR) is 95.9 cm³/mol. The van der Waals surface area contributed by atoms with E-state index in [1.54, 1.807) is 18.2 Å². The van der Waals surface area contributed by atoms with Crippen molar-refractivity contribution in [3.63, 3.8) is 0 Å². The first kappa shape index (κ1) is 17.4. The van der Waals surface area contributed by atoms with E-state index in [1.165, 1.54) is 23.8 Å². The van der Waals surface area contributed by atoms with Crippen LogP contribution in [-0.2, 0) is 4.79 Å². The number of benzene rings is 2. The lowest BCUT2D eigenvalue weighted by molar-refractivity contribution is -0.384. The van der Waals surface area contributed by atoms with Gasteiger partial charge in [-0.25, -0.2) is 0 Å². The molecule has 1 N–H and O–H groups in total. The van der Waals surface area contributed by atoms with Crippen LogP contribution in [0.1, 0.15) is 37.3 Å². The Kier molecular flexibility index (Phi) is 5.84. The van der Waals surface area contributed by atoms with Crippen LogP contribution in [0.5, 0.6) is 0 Å². The highest BCUT2D eigenvalue weighted by Gasteiger charge is 2.05. The molecule has 0 aromatic heterocycles. The van der Waals surface area contributed by atoms with Crippen LogP contribution in [0.25, 0.3) is 6.08 Å². The van der Waals surface area contributed by atoms with E-state index in [-0.39, 0.29) is 11.6 Å². The zero-order valence-corrected chi connectivity index (χ0v) is 13.7. The Hall–Kier alpha value is -2.95. The number of carbonyl (C=O) groups is 1. The van der Waals surface area contributed by atoms with Crippen LogP contribution < -0.4 is 5.32 Å². The van der Waals surface area contributed by atoms with Crippen molar-refractivity contribution >= 4 is 23.4 Å². The van der Waals surface area contributed by atoms with Gasteiger partial charge in [0.2, 0.25) is 5.91 Å². The summed E-state index contributed by atoms with van der Waals surface area (Å²) in [5.41, 5.74) is 2.56. The van der Waals surface area contributed by atoms with E-state index in [9.17, 15) is 14.9 Å². The Bertz CT molecular complexity index is 751. The molecule has 0 radical (unpaired) electrons. The summed E-state index contributed by atoms with van der Waals surface area (Å²) in [5.74, 6) is 0.210. The van der Waals surface area contributed by atoms with Gasteiger partial charge in [0, 0.05) is 23.9 Å². The van der Waals surface area contributed by atoms with Gasteiger partial charge in [-0.2, -0.15) is 0 Å². The van der Waals surface area contributed by atoms with E-state index in [0.29, 0.717) is 11.5 Å². The third-order valence-corrected chi connectivity index (χ3v) is 3.87. The van der Waals surface area contributed by atoms with Gasteiger partial charge >= 0.3 is 0 Å². The van der Waals surface area contributed by atoms with Gasteiger partial charge in [0.25, 0.3) is 5.69 Å². The van der Waals surface area contributed by atoms with E-state index in [2.05, 4.69) is 19.2 Å². The molecule has 5 nitrogen and oxygen atoms in total. The first-order chi connectivity index (χ1) is 11.5. The molecular formula is C19H20N2O3. The molecule has 0 aliphatic rings. The fourth-order valence-corrected chi connectivity index (χ4v) is 2.23. The minimum Gasteiger partial charge on any atom is -0.323 e. The Labute approximate surface area is 141 Å². The van der Waals surface area contributed by atoms with Crippen LogP contribution in [-0.4, -0.2) is 10.8 Å². The molecule has 0 saturated carbocycles. The van der Waals surface area contributed by atoms with Gasteiger partial charge in [-0.1, -0.05) is 38.1 Å². The lowest BCUT2D eigenvalue weighted by Gasteiger charge is -2.09. The number of hydrogen-bond donors (Lipinski definition) is 1. The van der Waals surface area contributed by atoms with Gasteiger partial charge in [0.05, 0.1) is 4.92 Å². The summed E-state index contributed by atoms with van der Waals surface area (Å²) in [4.78, 5) is 22.2. The molecule has 5 heteroatoms. The molecule has 24 heavy (non-hydrogen) atoms. The Balaban J connectivity index is 2.00.